The van der Waals surface area contributed by atoms with Crippen LogP contribution in [-0.2, 0) is 32.7 Å². The topological polar surface area (TPSA) is 98.9 Å². The number of nitrogens with zero attached hydrogens (tertiary/aromatic N) is 1. The predicted octanol–water partition coefficient (Wildman–Crippen LogP) is 4.17. The number of carbonyl (C=O) groups is 1. The first-order valence-corrected chi connectivity index (χ1v) is 12.4. The minimum atomic E-state index is -4.16. The summed E-state index contributed by atoms with van der Waals surface area (Å²) in [7, 11) is -2.56. The highest BCUT2D eigenvalue weighted by atomic mass is 32.2. The molecule has 0 fully saturated rings. The molecule has 0 heterocycles. The number of amides is 1. The van der Waals surface area contributed by atoms with Gasteiger partial charge in [0.25, 0.3) is 10.0 Å². The lowest BCUT2D eigenvalue weighted by molar-refractivity contribution is -0.133. The van der Waals surface area contributed by atoms with Crippen molar-refractivity contribution in [1.29, 1.82) is 0 Å². The van der Waals surface area contributed by atoms with Gasteiger partial charge in [-0.3, -0.25) is 9.63 Å². The first-order valence-electron chi connectivity index (χ1n) is 11.0. The van der Waals surface area contributed by atoms with Crippen molar-refractivity contribution in [2.24, 2.45) is 11.7 Å². The van der Waals surface area contributed by atoms with Crippen molar-refractivity contribution >= 4 is 15.9 Å². The van der Waals surface area contributed by atoms with Gasteiger partial charge in [-0.05, 0) is 58.9 Å². The maximum Gasteiger partial charge on any atom is 0.265 e. The van der Waals surface area contributed by atoms with Crippen LogP contribution in [0.15, 0.2) is 77.7 Å². The molecule has 34 heavy (non-hydrogen) atoms. The van der Waals surface area contributed by atoms with Crippen LogP contribution in [0.3, 0.4) is 0 Å². The zero-order valence-electron chi connectivity index (χ0n) is 19.6. The van der Waals surface area contributed by atoms with Crippen molar-refractivity contribution in [2.45, 2.75) is 31.8 Å². The summed E-state index contributed by atoms with van der Waals surface area (Å²) in [5.41, 5.74) is 8.57. The Morgan fingerprint density at radius 3 is 2.21 bits per heavy atom. The Labute approximate surface area is 201 Å². The van der Waals surface area contributed by atoms with Crippen LogP contribution < -0.4 is 10.5 Å². The Morgan fingerprint density at radius 2 is 1.62 bits per heavy atom. The standard InChI is InChI=1S/C26H30N2O5S/c1-19(2)15-23-16-22(21-9-12-24(32-3)13-10-21)11-14-25(23)34(30,31)28(17-26(27)29)33-18-20-7-5-4-6-8-20/h4-14,16,19H,15,17-18H2,1-3H3,(H2,27,29). The first kappa shape index (κ1) is 25.4. The summed E-state index contributed by atoms with van der Waals surface area (Å²) in [6, 6.07) is 21.8. The maximum absolute atomic E-state index is 13.6. The molecule has 3 aromatic rings. The van der Waals surface area contributed by atoms with E-state index < -0.39 is 22.5 Å². The summed E-state index contributed by atoms with van der Waals surface area (Å²) in [5, 5.41) is 0. The molecule has 180 valence electrons. The summed E-state index contributed by atoms with van der Waals surface area (Å²) in [5.74, 6) is 0.134. The van der Waals surface area contributed by atoms with Crippen molar-refractivity contribution < 1.29 is 22.8 Å². The number of hydrogen-bond donors (Lipinski definition) is 1. The molecule has 0 saturated heterocycles. The molecule has 0 spiro atoms. The number of sulfonamides is 1. The molecule has 7 nitrogen and oxygen atoms in total. The average molecular weight is 483 g/mol. The summed E-state index contributed by atoms with van der Waals surface area (Å²) >= 11 is 0. The van der Waals surface area contributed by atoms with E-state index >= 15 is 0 Å². The van der Waals surface area contributed by atoms with Gasteiger partial charge in [0.1, 0.15) is 12.3 Å². The summed E-state index contributed by atoms with van der Waals surface area (Å²) in [4.78, 5) is 17.4. The van der Waals surface area contributed by atoms with Gasteiger partial charge in [0.15, 0.2) is 0 Å². The Balaban J connectivity index is 1.99. The van der Waals surface area contributed by atoms with Gasteiger partial charge in [0.05, 0.1) is 18.6 Å². The van der Waals surface area contributed by atoms with E-state index in [-0.39, 0.29) is 17.4 Å². The van der Waals surface area contributed by atoms with E-state index in [4.69, 9.17) is 15.3 Å². The van der Waals surface area contributed by atoms with E-state index in [2.05, 4.69) is 0 Å². The van der Waals surface area contributed by atoms with Crippen molar-refractivity contribution in [1.82, 2.24) is 4.47 Å². The van der Waals surface area contributed by atoms with Crippen LogP contribution in [0.2, 0.25) is 0 Å². The third kappa shape index (κ3) is 6.44. The van der Waals surface area contributed by atoms with E-state index in [0.717, 1.165) is 22.4 Å². The maximum atomic E-state index is 13.6. The number of methoxy groups -OCH3 is 1. The van der Waals surface area contributed by atoms with Gasteiger partial charge < -0.3 is 10.5 Å². The molecule has 0 aromatic heterocycles. The van der Waals surface area contributed by atoms with Crippen LogP contribution in [0.1, 0.15) is 25.0 Å². The molecule has 0 aliphatic rings. The van der Waals surface area contributed by atoms with Gasteiger partial charge in [0.2, 0.25) is 5.91 Å². The van der Waals surface area contributed by atoms with E-state index in [9.17, 15) is 13.2 Å². The zero-order valence-corrected chi connectivity index (χ0v) is 20.4. The van der Waals surface area contributed by atoms with E-state index in [1.54, 1.807) is 19.2 Å². The van der Waals surface area contributed by atoms with Gasteiger partial charge in [-0.2, -0.15) is 0 Å². The lowest BCUT2D eigenvalue weighted by Crippen LogP contribution is -2.38. The SMILES string of the molecule is COc1ccc(-c2ccc(S(=O)(=O)N(CC(N)=O)OCc3ccccc3)c(CC(C)C)c2)cc1. The number of rotatable bonds is 11. The highest BCUT2D eigenvalue weighted by Gasteiger charge is 2.30. The van der Waals surface area contributed by atoms with Crippen molar-refractivity contribution in [3.63, 3.8) is 0 Å². The fourth-order valence-electron chi connectivity index (χ4n) is 3.55. The highest BCUT2D eigenvalue weighted by molar-refractivity contribution is 7.89. The molecular weight excluding hydrogens is 452 g/mol. The molecule has 0 aliphatic carbocycles. The average Bonchev–Trinajstić information content (AvgIpc) is 2.81. The molecule has 0 radical (unpaired) electrons. The van der Waals surface area contributed by atoms with Crippen LogP contribution in [0.4, 0.5) is 0 Å². The molecular formula is C26H30N2O5S. The van der Waals surface area contributed by atoms with E-state index in [1.165, 1.54) is 0 Å². The van der Waals surface area contributed by atoms with Crippen molar-refractivity contribution in [3.8, 4) is 16.9 Å². The third-order valence-electron chi connectivity index (χ3n) is 5.16. The van der Waals surface area contributed by atoms with Gasteiger partial charge in [-0.1, -0.05) is 66.8 Å². The molecule has 2 N–H and O–H groups in total. The quantitative estimate of drug-likeness (QED) is 0.414. The van der Waals surface area contributed by atoms with Gasteiger partial charge in [-0.15, -0.1) is 0 Å². The van der Waals surface area contributed by atoms with Crippen molar-refractivity contribution in [2.75, 3.05) is 13.7 Å². The summed E-state index contributed by atoms with van der Waals surface area (Å²) < 4.78 is 33.1. The summed E-state index contributed by atoms with van der Waals surface area (Å²) in [6.45, 7) is 3.43. The zero-order chi connectivity index (χ0) is 24.7. The third-order valence-corrected chi connectivity index (χ3v) is 6.89. The largest absolute Gasteiger partial charge is 0.497 e. The normalized spacial score (nSPS) is 11.7. The number of hydrogen-bond acceptors (Lipinski definition) is 5. The van der Waals surface area contributed by atoms with E-state index in [0.29, 0.717) is 16.5 Å². The van der Waals surface area contributed by atoms with Gasteiger partial charge in [-0.25, -0.2) is 8.42 Å². The minimum absolute atomic E-state index is 0.0171. The lowest BCUT2D eigenvalue weighted by Gasteiger charge is -2.23. The molecule has 0 atom stereocenters. The van der Waals surface area contributed by atoms with Gasteiger partial charge in [0, 0.05) is 0 Å². The molecule has 0 unspecified atom stereocenters. The molecule has 3 rings (SSSR count). The number of carbonyl (C=O) groups excluding carboxylic acids is 1. The molecule has 3 aromatic carbocycles. The molecule has 1 amide bonds. The van der Waals surface area contributed by atoms with Gasteiger partial charge >= 0.3 is 0 Å². The number of primary amides is 1. The van der Waals surface area contributed by atoms with Crippen LogP contribution in [-0.4, -0.2) is 32.4 Å². The Kier molecular flexibility index (Phi) is 8.44. The number of hydroxylamine groups is 1. The Bertz CT molecular complexity index is 1210. The molecule has 8 heteroatoms. The molecule has 0 saturated carbocycles. The number of ether oxygens (including phenoxy) is 1. The number of nitrogens with two attached hydrogens (primary N) is 1. The molecule has 0 aliphatic heterocycles. The monoisotopic (exact) mass is 482 g/mol. The second-order valence-electron chi connectivity index (χ2n) is 8.34. The smallest absolute Gasteiger partial charge is 0.265 e. The van der Waals surface area contributed by atoms with Crippen molar-refractivity contribution in [3.05, 3.63) is 83.9 Å². The lowest BCUT2D eigenvalue weighted by atomic mass is 9.98. The highest BCUT2D eigenvalue weighted by Crippen LogP contribution is 2.30. The van der Waals surface area contributed by atoms with E-state index in [1.807, 2.05) is 74.5 Å². The Morgan fingerprint density at radius 1 is 0.971 bits per heavy atom. The first-order chi connectivity index (χ1) is 16.2. The van der Waals surface area contributed by atoms with Crippen LogP contribution >= 0.6 is 0 Å². The second kappa shape index (κ2) is 11.3. The number of benzene rings is 3. The second-order valence-corrected chi connectivity index (χ2v) is 10.1. The predicted molar refractivity (Wildman–Crippen MR) is 131 cm³/mol. The molecule has 0 bridgehead atoms. The Hall–Kier alpha value is -3.20. The minimum Gasteiger partial charge on any atom is -0.497 e. The fraction of sp³-hybridized carbons (Fsp3) is 0.269. The summed E-state index contributed by atoms with van der Waals surface area (Å²) in [6.07, 6.45) is 0.529. The van der Waals surface area contributed by atoms with Crippen LogP contribution in [0, 0.1) is 5.92 Å². The van der Waals surface area contributed by atoms with Crippen LogP contribution in [0.25, 0.3) is 11.1 Å². The fourth-order valence-corrected chi connectivity index (χ4v) is 4.97. The van der Waals surface area contributed by atoms with Crippen LogP contribution in [0.5, 0.6) is 5.75 Å².